The lowest BCUT2D eigenvalue weighted by atomic mass is 10.2. The van der Waals surface area contributed by atoms with Crippen LogP contribution in [0.1, 0.15) is 18.2 Å². The first-order chi connectivity index (χ1) is 14.7. The monoisotopic (exact) mass is 423 g/mol. The Bertz CT molecular complexity index is 1190. The molecule has 0 radical (unpaired) electrons. The first-order valence-corrected chi connectivity index (χ1v) is 9.50. The van der Waals surface area contributed by atoms with E-state index in [2.05, 4.69) is 20.9 Å². The molecule has 0 saturated heterocycles. The fourth-order valence-electron chi connectivity index (χ4n) is 2.90. The zero-order valence-corrected chi connectivity index (χ0v) is 17.3. The Labute approximate surface area is 178 Å². The van der Waals surface area contributed by atoms with Gasteiger partial charge < -0.3 is 16.0 Å². The van der Waals surface area contributed by atoms with Gasteiger partial charge in [-0.1, -0.05) is 0 Å². The highest BCUT2D eigenvalue weighted by atomic mass is 19.1. The SMILES string of the molecule is CC(=O)Nc1ccc(NC(=O)Cn2c(Nc3ccc(F)c(C)c3)nc(C)cc2=O)cc1. The van der Waals surface area contributed by atoms with Crippen LogP contribution in [0.4, 0.5) is 27.4 Å². The van der Waals surface area contributed by atoms with Gasteiger partial charge in [0.05, 0.1) is 0 Å². The number of aromatic nitrogens is 2. The number of carbonyl (C=O) groups is 2. The Balaban J connectivity index is 1.78. The van der Waals surface area contributed by atoms with Gasteiger partial charge >= 0.3 is 0 Å². The number of aryl methyl sites for hydroxylation is 2. The van der Waals surface area contributed by atoms with Crippen molar-refractivity contribution in [2.75, 3.05) is 16.0 Å². The van der Waals surface area contributed by atoms with E-state index in [1.807, 2.05) is 0 Å². The normalized spacial score (nSPS) is 10.5. The van der Waals surface area contributed by atoms with E-state index in [9.17, 15) is 18.8 Å². The second kappa shape index (κ2) is 9.21. The minimum absolute atomic E-state index is 0.173. The maximum absolute atomic E-state index is 13.5. The van der Waals surface area contributed by atoms with Crippen molar-refractivity contribution in [1.82, 2.24) is 9.55 Å². The van der Waals surface area contributed by atoms with Crippen LogP contribution in [0.3, 0.4) is 0 Å². The van der Waals surface area contributed by atoms with Gasteiger partial charge in [-0.15, -0.1) is 0 Å². The molecule has 3 N–H and O–H groups in total. The summed E-state index contributed by atoms with van der Waals surface area (Å²) < 4.78 is 14.7. The van der Waals surface area contributed by atoms with Crippen molar-refractivity contribution in [1.29, 1.82) is 0 Å². The maximum atomic E-state index is 13.5. The van der Waals surface area contributed by atoms with Crippen LogP contribution in [0.5, 0.6) is 0 Å². The van der Waals surface area contributed by atoms with Crippen molar-refractivity contribution in [3.8, 4) is 0 Å². The van der Waals surface area contributed by atoms with E-state index in [0.29, 0.717) is 28.3 Å². The molecular formula is C22H22FN5O3. The van der Waals surface area contributed by atoms with Gasteiger partial charge in [0.2, 0.25) is 17.8 Å². The van der Waals surface area contributed by atoms with Crippen LogP contribution < -0.4 is 21.5 Å². The molecular weight excluding hydrogens is 401 g/mol. The molecule has 1 heterocycles. The summed E-state index contributed by atoms with van der Waals surface area (Å²) in [4.78, 5) is 40.5. The molecule has 0 bridgehead atoms. The van der Waals surface area contributed by atoms with E-state index in [4.69, 9.17) is 0 Å². The molecule has 160 valence electrons. The van der Waals surface area contributed by atoms with Crippen molar-refractivity contribution in [2.45, 2.75) is 27.3 Å². The number of hydrogen-bond acceptors (Lipinski definition) is 5. The van der Waals surface area contributed by atoms with E-state index in [1.165, 1.54) is 29.7 Å². The largest absolute Gasteiger partial charge is 0.326 e. The molecule has 0 aliphatic carbocycles. The molecule has 0 aliphatic rings. The molecule has 9 heteroatoms. The third-order valence-electron chi connectivity index (χ3n) is 4.34. The van der Waals surface area contributed by atoms with Crippen LogP contribution in [0.2, 0.25) is 0 Å². The van der Waals surface area contributed by atoms with Gasteiger partial charge in [0, 0.05) is 35.7 Å². The van der Waals surface area contributed by atoms with E-state index >= 15 is 0 Å². The lowest BCUT2D eigenvalue weighted by Crippen LogP contribution is -2.30. The number of nitrogens with one attached hydrogen (secondary N) is 3. The highest BCUT2D eigenvalue weighted by Crippen LogP contribution is 2.18. The fraction of sp³-hybridized carbons (Fsp3) is 0.182. The Hall–Kier alpha value is -4.01. The van der Waals surface area contributed by atoms with E-state index < -0.39 is 11.5 Å². The lowest BCUT2D eigenvalue weighted by Gasteiger charge is -2.15. The molecule has 0 unspecified atom stereocenters. The first kappa shape index (κ1) is 21.7. The molecule has 3 aromatic rings. The number of nitrogens with zero attached hydrogens (tertiary/aromatic N) is 2. The topological polar surface area (TPSA) is 105 Å². The predicted octanol–water partition coefficient (Wildman–Crippen LogP) is 3.34. The third kappa shape index (κ3) is 5.75. The van der Waals surface area contributed by atoms with Crippen molar-refractivity contribution in [2.24, 2.45) is 0 Å². The molecule has 3 rings (SSSR count). The number of hydrogen-bond donors (Lipinski definition) is 3. The number of rotatable bonds is 6. The molecule has 0 fully saturated rings. The van der Waals surface area contributed by atoms with Crippen LogP contribution >= 0.6 is 0 Å². The van der Waals surface area contributed by atoms with Gasteiger partial charge in [-0.2, -0.15) is 0 Å². The van der Waals surface area contributed by atoms with E-state index in [0.717, 1.165) is 0 Å². The lowest BCUT2D eigenvalue weighted by molar-refractivity contribution is -0.117. The molecule has 31 heavy (non-hydrogen) atoms. The second-order valence-corrected chi connectivity index (χ2v) is 7.04. The van der Waals surface area contributed by atoms with Gasteiger partial charge in [0.1, 0.15) is 12.4 Å². The van der Waals surface area contributed by atoms with Crippen molar-refractivity contribution < 1.29 is 14.0 Å². The number of benzene rings is 2. The Morgan fingerprint density at radius 2 is 1.58 bits per heavy atom. The average molecular weight is 423 g/mol. The first-order valence-electron chi connectivity index (χ1n) is 9.50. The third-order valence-corrected chi connectivity index (χ3v) is 4.34. The summed E-state index contributed by atoms with van der Waals surface area (Å²) >= 11 is 0. The highest BCUT2D eigenvalue weighted by Gasteiger charge is 2.13. The van der Waals surface area contributed by atoms with Crippen LogP contribution in [0.15, 0.2) is 53.3 Å². The molecule has 8 nitrogen and oxygen atoms in total. The Kier molecular flexibility index (Phi) is 6.44. The molecule has 2 aromatic carbocycles. The van der Waals surface area contributed by atoms with Gasteiger partial charge in [0.25, 0.3) is 5.56 Å². The summed E-state index contributed by atoms with van der Waals surface area (Å²) in [5.41, 5.74) is 2.18. The molecule has 0 spiro atoms. The number of carbonyl (C=O) groups excluding carboxylic acids is 2. The summed E-state index contributed by atoms with van der Waals surface area (Å²) in [5, 5.41) is 8.32. The predicted molar refractivity (Wildman–Crippen MR) is 117 cm³/mol. The van der Waals surface area contributed by atoms with Crippen molar-refractivity contribution in [3.63, 3.8) is 0 Å². The maximum Gasteiger partial charge on any atom is 0.255 e. The van der Waals surface area contributed by atoms with Crippen molar-refractivity contribution >= 4 is 34.8 Å². The molecule has 0 atom stereocenters. The van der Waals surface area contributed by atoms with E-state index in [-0.39, 0.29) is 24.2 Å². The Morgan fingerprint density at radius 1 is 0.968 bits per heavy atom. The summed E-state index contributed by atoms with van der Waals surface area (Å²) in [6.45, 7) is 4.43. The highest BCUT2D eigenvalue weighted by molar-refractivity contribution is 5.92. The summed E-state index contributed by atoms with van der Waals surface area (Å²) in [5.74, 6) is -0.797. The summed E-state index contributed by atoms with van der Waals surface area (Å²) in [7, 11) is 0. The molecule has 0 saturated carbocycles. The zero-order chi connectivity index (χ0) is 22.5. The Morgan fingerprint density at radius 3 is 2.19 bits per heavy atom. The van der Waals surface area contributed by atoms with Crippen LogP contribution in [0, 0.1) is 19.7 Å². The second-order valence-electron chi connectivity index (χ2n) is 7.04. The molecule has 2 amide bonds. The van der Waals surface area contributed by atoms with Gasteiger partial charge in [-0.05, 0) is 61.9 Å². The quantitative estimate of drug-likeness (QED) is 0.564. The van der Waals surface area contributed by atoms with Crippen molar-refractivity contribution in [3.05, 3.63) is 76.0 Å². The summed E-state index contributed by atoms with van der Waals surface area (Å²) in [6.07, 6.45) is 0. The number of anilines is 4. The van der Waals surface area contributed by atoms with Gasteiger partial charge in [-0.25, -0.2) is 9.37 Å². The number of halogens is 1. The van der Waals surface area contributed by atoms with Gasteiger partial charge in [-0.3, -0.25) is 19.0 Å². The fourth-order valence-corrected chi connectivity index (χ4v) is 2.90. The minimum atomic E-state index is -0.432. The van der Waals surface area contributed by atoms with Crippen LogP contribution in [0.25, 0.3) is 0 Å². The molecule has 0 aliphatic heterocycles. The average Bonchev–Trinajstić information content (AvgIpc) is 2.68. The zero-order valence-electron chi connectivity index (χ0n) is 17.3. The van der Waals surface area contributed by atoms with E-state index in [1.54, 1.807) is 44.2 Å². The standard InChI is InChI=1S/C22H22FN5O3/c1-13-10-18(8-9-19(13)23)27-22-24-14(2)11-21(31)28(22)12-20(30)26-17-6-4-16(5-7-17)25-15(3)29/h4-11H,12H2,1-3H3,(H,24,27)(H,25,29)(H,26,30). The summed E-state index contributed by atoms with van der Waals surface area (Å²) in [6, 6.07) is 12.3. The van der Waals surface area contributed by atoms with Crippen LogP contribution in [-0.2, 0) is 16.1 Å². The molecule has 1 aromatic heterocycles. The smallest absolute Gasteiger partial charge is 0.255 e. The minimum Gasteiger partial charge on any atom is -0.326 e. The van der Waals surface area contributed by atoms with Gasteiger partial charge in [0.15, 0.2) is 0 Å². The number of amides is 2. The van der Waals surface area contributed by atoms with Crippen LogP contribution in [-0.4, -0.2) is 21.4 Å².